The third-order valence-corrected chi connectivity index (χ3v) is 5.65. The van der Waals surface area contributed by atoms with Gasteiger partial charge in [-0.25, -0.2) is 18.4 Å². The second-order valence-electron chi connectivity index (χ2n) is 6.53. The van der Waals surface area contributed by atoms with E-state index in [9.17, 15) is 8.42 Å². The Morgan fingerprint density at radius 3 is 2.42 bits per heavy atom. The summed E-state index contributed by atoms with van der Waals surface area (Å²) in [6.45, 7) is 3.43. The molecule has 0 unspecified atom stereocenters. The fraction of sp³-hybridized carbons (Fsp3) is 0.150. The minimum atomic E-state index is -4.03. The molecule has 0 radical (unpaired) electrons. The predicted octanol–water partition coefficient (Wildman–Crippen LogP) is 3.01. The maximum absolute atomic E-state index is 13.1. The highest BCUT2D eigenvalue weighted by Crippen LogP contribution is 2.30. The van der Waals surface area contributed by atoms with E-state index in [2.05, 4.69) is 29.9 Å². The van der Waals surface area contributed by atoms with Crippen molar-refractivity contribution in [1.29, 1.82) is 0 Å². The van der Waals surface area contributed by atoms with Crippen LogP contribution in [0.2, 0.25) is 0 Å². The van der Waals surface area contributed by atoms with Gasteiger partial charge in [-0.3, -0.25) is 9.71 Å². The van der Waals surface area contributed by atoms with Crippen molar-refractivity contribution >= 4 is 15.8 Å². The number of nitrogens with one attached hydrogen (secondary N) is 1. The summed E-state index contributed by atoms with van der Waals surface area (Å²) in [7, 11) is -2.64. The van der Waals surface area contributed by atoms with Gasteiger partial charge in [-0.2, -0.15) is 0 Å². The Morgan fingerprint density at radius 1 is 1.00 bits per heavy atom. The average molecular weight is 438 g/mol. The number of hydrogen-bond acceptors (Lipinski definition) is 9. The van der Waals surface area contributed by atoms with Crippen molar-refractivity contribution in [2.75, 3.05) is 11.8 Å². The van der Waals surface area contributed by atoms with Crippen molar-refractivity contribution < 1.29 is 17.6 Å². The highest BCUT2D eigenvalue weighted by Gasteiger charge is 2.23. The number of pyridine rings is 1. The highest BCUT2D eigenvalue weighted by atomic mass is 32.2. The molecule has 0 aliphatic carbocycles. The molecule has 0 fully saturated rings. The second-order valence-corrected chi connectivity index (χ2v) is 8.18. The van der Waals surface area contributed by atoms with Gasteiger partial charge in [0.1, 0.15) is 4.90 Å². The van der Waals surface area contributed by atoms with E-state index in [-0.39, 0.29) is 22.3 Å². The molecular weight excluding hydrogens is 420 g/mol. The van der Waals surface area contributed by atoms with E-state index in [1.54, 1.807) is 44.2 Å². The van der Waals surface area contributed by atoms with Crippen molar-refractivity contribution in [2.24, 2.45) is 0 Å². The van der Waals surface area contributed by atoms with Crippen LogP contribution in [-0.2, 0) is 10.0 Å². The van der Waals surface area contributed by atoms with E-state index >= 15 is 0 Å². The van der Waals surface area contributed by atoms with Crippen LogP contribution >= 0.6 is 0 Å². The Kier molecular flexibility index (Phi) is 5.34. The molecule has 3 heterocycles. The van der Waals surface area contributed by atoms with Crippen LogP contribution in [0, 0.1) is 13.8 Å². The van der Waals surface area contributed by atoms with Crippen molar-refractivity contribution in [2.45, 2.75) is 18.7 Å². The van der Waals surface area contributed by atoms with Gasteiger partial charge >= 0.3 is 0 Å². The van der Waals surface area contributed by atoms with Crippen molar-refractivity contribution in [3.8, 4) is 28.6 Å². The molecular formula is C20H18N6O4S. The standard InChI is InChI=1S/C20H18N6O4S/c1-12-11-22-18(20(23-12)29-3)26-31(27,28)16-5-4-10-21-17(16)14-6-8-15(9-7-14)19-25-24-13(2)30-19/h4-11H,1-3H3,(H,22,26). The Balaban J connectivity index is 1.70. The smallest absolute Gasteiger partial charge is 0.265 e. The zero-order chi connectivity index (χ0) is 22.0. The molecule has 4 aromatic rings. The van der Waals surface area contributed by atoms with Crippen LogP contribution in [0.5, 0.6) is 5.88 Å². The number of rotatable bonds is 6. The lowest BCUT2D eigenvalue weighted by Crippen LogP contribution is -2.16. The first-order valence-electron chi connectivity index (χ1n) is 9.14. The maximum atomic E-state index is 13.1. The van der Waals surface area contributed by atoms with Crippen LogP contribution in [0.4, 0.5) is 5.82 Å². The zero-order valence-corrected chi connectivity index (χ0v) is 17.7. The summed E-state index contributed by atoms with van der Waals surface area (Å²) in [6.07, 6.45) is 2.97. The van der Waals surface area contributed by atoms with Gasteiger partial charge in [-0.15, -0.1) is 10.2 Å². The van der Waals surface area contributed by atoms with Crippen LogP contribution in [0.3, 0.4) is 0 Å². The first kappa shape index (κ1) is 20.4. The molecule has 0 aliphatic rings. The Morgan fingerprint density at radius 2 is 1.74 bits per heavy atom. The molecule has 0 saturated carbocycles. The molecule has 0 atom stereocenters. The van der Waals surface area contributed by atoms with E-state index in [0.29, 0.717) is 28.6 Å². The van der Waals surface area contributed by atoms with E-state index < -0.39 is 10.0 Å². The largest absolute Gasteiger partial charge is 0.478 e. The van der Waals surface area contributed by atoms with Gasteiger partial charge in [0.2, 0.25) is 17.6 Å². The summed E-state index contributed by atoms with van der Waals surface area (Å²) in [6, 6.07) is 10.0. The lowest BCUT2D eigenvalue weighted by molar-refractivity contribution is 0.397. The fourth-order valence-electron chi connectivity index (χ4n) is 2.86. The molecule has 1 aromatic carbocycles. The van der Waals surface area contributed by atoms with Crippen molar-refractivity contribution in [3.63, 3.8) is 0 Å². The third kappa shape index (κ3) is 4.21. The molecule has 0 bridgehead atoms. The summed E-state index contributed by atoms with van der Waals surface area (Å²) in [5, 5.41) is 7.79. The van der Waals surface area contributed by atoms with Crippen molar-refractivity contribution in [1.82, 2.24) is 25.1 Å². The van der Waals surface area contributed by atoms with E-state index in [1.165, 1.54) is 25.6 Å². The van der Waals surface area contributed by atoms with Gasteiger partial charge in [0.15, 0.2) is 0 Å². The summed E-state index contributed by atoms with van der Waals surface area (Å²) in [4.78, 5) is 12.5. The van der Waals surface area contributed by atoms with E-state index in [0.717, 1.165) is 0 Å². The summed E-state index contributed by atoms with van der Waals surface area (Å²) >= 11 is 0. The molecule has 10 nitrogen and oxygen atoms in total. The van der Waals surface area contributed by atoms with Gasteiger partial charge in [-0.05, 0) is 31.2 Å². The summed E-state index contributed by atoms with van der Waals surface area (Å²) < 4.78 is 39.3. The Hall–Kier alpha value is -3.86. The molecule has 0 amide bonds. The van der Waals surface area contributed by atoms with E-state index in [4.69, 9.17) is 9.15 Å². The minimum absolute atomic E-state index is 0.00925. The van der Waals surface area contributed by atoms with Gasteiger partial charge in [0.25, 0.3) is 15.9 Å². The zero-order valence-electron chi connectivity index (χ0n) is 16.9. The minimum Gasteiger partial charge on any atom is -0.478 e. The predicted molar refractivity (Wildman–Crippen MR) is 112 cm³/mol. The quantitative estimate of drug-likeness (QED) is 0.482. The van der Waals surface area contributed by atoms with Crippen LogP contribution in [0.15, 0.2) is 58.1 Å². The van der Waals surface area contributed by atoms with Gasteiger partial charge in [-0.1, -0.05) is 12.1 Å². The number of ether oxygens (including phenoxy) is 1. The van der Waals surface area contributed by atoms with Crippen LogP contribution < -0.4 is 9.46 Å². The molecule has 0 aliphatic heterocycles. The Labute approximate surface area is 178 Å². The van der Waals surface area contributed by atoms with Crippen molar-refractivity contribution in [3.05, 3.63) is 60.4 Å². The fourth-order valence-corrected chi connectivity index (χ4v) is 4.05. The van der Waals surface area contributed by atoms with Crippen LogP contribution in [0.1, 0.15) is 11.6 Å². The summed E-state index contributed by atoms with van der Waals surface area (Å²) in [5.41, 5.74) is 2.19. The Bertz CT molecular complexity index is 1340. The number of aromatic nitrogens is 5. The topological polar surface area (TPSA) is 133 Å². The highest BCUT2D eigenvalue weighted by molar-refractivity contribution is 7.92. The number of hydrogen-bond donors (Lipinski definition) is 1. The molecule has 31 heavy (non-hydrogen) atoms. The molecule has 0 saturated heterocycles. The molecule has 4 rings (SSSR count). The normalized spacial score (nSPS) is 11.3. The first-order valence-corrected chi connectivity index (χ1v) is 10.6. The summed E-state index contributed by atoms with van der Waals surface area (Å²) in [5.74, 6) is 0.903. The maximum Gasteiger partial charge on any atom is 0.265 e. The lowest BCUT2D eigenvalue weighted by Gasteiger charge is -2.13. The number of methoxy groups -OCH3 is 1. The monoisotopic (exact) mass is 438 g/mol. The lowest BCUT2D eigenvalue weighted by atomic mass is 10.1. The average Bonchev–Trinajstić information content (AvgIpc) is 3.21. The molecule has 0 spiro atoms. The number of benzene rings is 1. The van der Waals surface area contributed by atoms with Gasteiger partial charge in [0, 0.05) is 24.2 Å². The van der Waals surface area contributed by atoms with Crippen LogP contribution in [-0.4, -0.2) is 40.7 Å². The van der Waals surface area contributed by atoms with Gasteiger partial charge < -0.3 is 9.15 Å². The number of nitrogens with zero attached hydrogens (tertiary/aromatic N) is 5. The molecule has 1 N–H and O–H groups in total. The third-order valence-electron chi connectivity index (χ3n) is 4.28. The van der Waals surface area contributed by atoms with Crippen LogP contribution in [0.25, 0.3) is 22.7 Å². The van der Waals surface area contributed by atoms with E-state index in [1.807, 2.05) is 0 Å². The van der Waals surface area contributed by atoms with Gasteiger partial charge in [0.05, 0.1) is 24.7 Å². The number of anilines is 1. The molecule has 3 aromatic heterocycles. The second kappa shape index (κ2) is 8.11. The molecule has 11 heteroatoms. The SMILES string of the molecule is COc1nc(C)cnc1NS(=O)(=O)c1cccnc1-c1ccc(-c2nnc(C)o2)cc1. The number of sulfonamides is 1. The number of aryl methyl sites for hydroxylation is 2. The first-order chi connectivity index (χ1) is 14.9. The molecule has 158 valence electrons.